The van der Waals surface area contributed by atoms with Gasteiger partial charge in [0, 0.05) is 17.5 Å². The molecular formula is C15H18BrClO3. The molecule has 0 bridgehead atoms. The van der Waals surface area contributed by atoms with Crippen LogP contribution in [0.3, 0.4) is 0 Å². The maximum absolute atomic E-state index is 6.40. The van der Waals surface area contributed by atoms with Gasteiger partial charge in [-0.2, -0.15) is 0 Å². The molecule has 1 aromatic carbocycles. The number of fused-ring (bicyclic) bond motifs is 1. The van der Waals surface area contributed by atoms with Crippen LogP contribution in [0.2, 0.25) is 5.02 Å². The minimum absolute atomic E-state index is 0.0807. The van der Waals surface area contributed by atoms with Gasteiger partial charge in [-0.1, -0.05) is 27.5 Å². The van der Waals surface area contributed by atoms with Crippen molar-refractivity contribution in [2.24, 2.45) is 0 Å². The van der Waals surface area contributed by atoms with Gasteiger partial charge >= 0.3 is 0 Å². The van der Waals surface area contributed by atoms with E-state index in [0.29, 0.717) is 24.3 Å². The molecule has 5 heteroatoms. The highest BCUT2D eigenvalue weighted by Gasteiger charge is 2.31. The van der Waals surface area contributed by atoms with E-state index in [1.165, 1.54) is 0 Å². The first-order valence-electron chi connectivity index (χ1n) is 7.03. The lowest BCUT2D eigenvalue weighted by atomic mass is 10.0. The van der Waals surface area contributed by atoms with Crippen molar-refractivity contribution in [1.29, 1.82) is 0 Å². The highest BCUT2D eigenvalue weighted by Crippen LogP contribution is 2.43. The molecule has 110 valence electrons. The fourth-order valence-corrected chi connectivity index (χ4v) is 3.83. The molecule has 1 saturated heterocycles. The minimum Gasteiger partial charge on any atom is -0.490 e. The summed E-state index contributed by atoms with van der Waals surface area (Å²) in [4.78, 5) is 0.0807. The van der Waals surface area contributed by atoms with E-state index >= 15 is 0 Å². The molecule has 3 unspecified atom stereocenters. The molecule has 3 nitrogen and oxygen atoms in total. The molecule has 1 fully saturated rings. The van der Waals surface area contributed by atoms with Crippen molar-refractivity contribution >= 4 is 27.5 Å². The molecule has 1 aromatic rings. The summed E-state index contributed by atoms with van der Waals surface area (Å²) in [5.74, 6) is 1.51. The SMILES string of the molecule is CC1CCC(C(Br)c2cc3c(cc2Cl)OCCCO3)O1. The largest absolute Gasteiger partial charge is 0.490 e. The van der Waals surface area contributed by atoms with Crippen molar-refractivity contribution < 1.29 is 14.2 Å². The minimum atomic E-state index is 0.0807. The van der Waals surface area contributed by atoms with Gasteiger partial charge < -0.3 is 14.2 Å². The lowest BCUT2D eigenvalue weighted by Gasteiger charge is -2.21. The Morgan fingerprint density at radius 2 is 1.90 bits per heavy atom. The molecule has 0 aliphatic carbocycles. The van der Waals surface area contributed by atoms with Gasteiger partial charge in [-0.3, -0.25) is 0 Å². The van der Waals surface area contributed by atoms with Gasteiger partial charge in [0.2, 0.25) is 0 Å². The number of alkyl halides is 1. The molecule has 0 saturated carbocycles. The first-order chi connectivity index (χ1) is 9.65. The molecule has 0 N–H and O–H groups in total. The molecule has 0 spiro atoms. The van der Waals surface area contributed by atoms with Crippen LogP contribution >= 0.6 is 27.5 Å². The summed E-state index contributed by atoms with van der Waals surface area (Å²) in [5.41, 5.74) is 1.01. The second-order valence-corrected chi connectivity index (χ2v) is 6.73. The predicted octanol–water partition coefficient (Wildman–Crippen LogP) is 4.50. The fraction of sp³-hybridized carbons (Fsp3) is 0.600. The Labute approximate surface area is 132 Å². The van der Waals surface area contributed by atoms with Crippen LogP contribution in [0.25, 0.3) is 0 Å². The first kappa shape index (κ1) is 14.5. The van der Waals surface area contributed by atoms with E-state index in [0.717, 1.165) is 36.3 Å². The van der Waals surface area contributed by atoms with E-state index in [1.54, 1.807) is 0 Å². The zero-order valence-electron chi connectivity index (χ0n) is 11.4. The Balaban J connectivity index is 1.87. The highest BCUT2D eigenvalue weighted by molar-refractivity contribution is 9.09. The number of rotatable bonds is 2. The molecule has 2 aliphatic heterocycles. The van der Waals surface area contributed by atoms with Gasteiger partial charge in [0.1, 0.15) is 0 Å². The van der Waals surface area contributed by atoms with Crippen LogP contribution in [0.1, 0.15) is 36.6 Å². The van der Waals surface area contributed by atoms with Gasteiger partial charge in [0.15, 0.2) is 11.5 Å². The number of hydrogen-bond acceptors (Lipinski definition) is 3. The molecule has 2 aliphatic rings. The normalized spacial score (nSPS) is 27.1. The fourth-order valence-electron chi connectivity index (χ4n) is 2.66. The molecule has 0 radical (unpaired) electrons. The summed E-state index contributed by atoms with van der Waals surface area (Å²) in [7, 11) is 0. The Kier molecular flexibility index (Phi) is 4.43. The smallest absolute Gasteiger partial charge is 0.162 e. The van der Waals surface area contributed by atoms with Gasteiger partial charge in [-0.25, -0.2) is 0 Å². The molecule has 3 atom stereocenters. The van der Waals surface area contributed by atoms with Crippen molar-refractivity contribution in [3.05, 3.63) is 22.7 Å². The maximum atomic E-state index is 6.40. The average molecular weight is 362 g/mol. The van der Waals surface area contributed by atoms with Gasteiger partial charge in [-0.15, -0.1) is 0 Å². The van der Waals surface area contributed by atoms with Crippen molar-refractivity contribution in [2.45, 2.75) is 43.2 Å². The van der Waals surface area contributed by atoms with Crippen LogP contribution in [0.4, 0.5) is 0 Å². The van der Waals surface area contributed by atoms with Gasteiger partial charge in [0.25, 0.3) is 0 Å². The molecular weight excluding hydrogens is 344 g/mol. The van der Waals surface area contributed by atoms with E-state index in [1.807, 2.05) is 12.1 Å². The summed E-state index contributed by atoms with van der Waals surface area (Å²) < 4.78 is 17.3. The zero-order chi connectivity index (χ0) is 14.1. The van der Waals surface area contributed by atoms with E-state index in [2.05, 4.69) is 22.9 Å². The lowest BCUT2D eigenvalue weighted by Crippen LogP contribution is -2.14. The van der Waals surface area contributed by atoms with Gasteiger partial charge in [-0.05, 0) is 31.4 Å². The van der Waals surface area contributed by atoms with Crippen molar-refractivity contribution in [3.8, 4) is 11.5 Å². The topological polar surface area (TPSA) is 27.7 Å². The molecule has 2 heterocycles. The Morgan fingerprint density at radius 1 is 1.20 bits per heavy atom. The van der Waals surface area contributed by atoms with Crippen molar-refractivity contribution in [1.82, 2.24) is 0 Å². The van der Waals surface area contributed by atoms with Crippen LogP contribution in [-0.4, -0.2) is 25.4 Å². The van der Waals surface area contributed by atoms with Crippen LogP contribution in [-0.2, 0) is 4.74 Å². The predicted molar refractivity (Wildman–Crippen MR) is 82.3 cm³/mol. The Hall–Kier alpha value is -0.450. The summed E-state index contributed by atoms with van der Waals surface area (Å²) in [6.07, 6.45) is 3.51. The first-order valence-corrected chi connectivity index (χ1v) is 8.33. The van der Waals surface area contributed by atoms with Crippen LogP contribution in [0, 0.1) is 0 Å². The monoisotopic (exact) mass is 360 g/mol. The third-order valence-corrected chi connectivity index (χ3v) is 5.17. The van der Waals surface area contributed by atoms with Crippen LogP contribution in [0.5, 0.6) is 11.5 Å². The maximum Gasteiger partial charge on any atom is 0.162 e. The third kappa shape index (κ3) is 2.92. The average Bonchev–Trinajstić information content (AvgIpc) is 2.73. The number of hydrogen-bond donors (Lipinski definition) is 0. The van der Waals surface area contributed by atoms with Crippen molar-refractivity contribution in [2.75, 3.05) is 13.2 Å². The van der Waals surface area contributed by atoms with E-state index in [4.69, 9.17) is 25.8 Å². The summed E-state index contributed by atoms with van der Waals surface area (Å²) in [6.45, 7) is 3.46. The summed E-state index contributed by atoms with van der Waals surface area (Å²) in [5, 5.41) is 0.694. The summed E-state index contributed by atoms with van der Waals surface area (Å²) >= 11 is 10.1. The second kappa shape index (κ2) is 6.12. The Bertz CT molecular complexity index is 494. The van der Waals surface area contributed by atoms with Crippen molar-refractivity contribution in [3.63, 3.8) is 0 Å². The number of benzene rings is 1. The second-order valence-electron chi connectivity index (χ2n) is 5.34. The third-order valence-electron chi connectivity index (χ3n) is 3.76. The standard InChI is InChI=1S/C15H18BrClO3/c1-9-3-4-12(20-9)15(16)10-7-13-14(8-11(10)17)19-6-2-5-18-13/h7-9,12,15H,2-6H2,1H3. The zero-order valence-corrected chi connectivity index (χ0v) is 13.7. The molecule has 3 rings (SSSR count). The number of ether oxygens (including phenoxy) is 3. The van der Waals surface area contributed by atoms with Crippen LogP contribution < -0.4 is 9.47 Å². The van der Waals surface area contributed by atoms with E-state index < -0.39 is 0 Å². The highest BCUT2D eigenvalue weighted by atomic mass is 79.9. The van der Waals surface area contributed by atoms with Crippen LogP contribution in [0.15, 0.2) is 12.1 Å². The number of halogens is 2. The summed E-state index contributed by atoms with van der Waals surface area (Å²) in [6, 6.07) is 3.83. The lowest BCUT2D eigenvalue weighted by molar-refractivity contribution is 0.0556. The van der Waals surface area contributed by atoms with E-state index in [9.17, 15) is 0 Å². The van der Waals surface area contributed by atoms with Gasteiger partial charge in [0.05, 0.1) is 30.2 Å². The molecule has 20 heavy (non-hydrogen) atoms. The Morgan fingerprint density at radius 3 is 2.55 bits per heavy atom. The molecule has 0 aromatic heterocycles. The van der Waals surface area contributed by atoms with E-state index in [-0.39, 0.29) is 10.9 Å². The molecule has 0 amide bonds. The quantitative estimate of drug-likeness (QED) is 0.726.